The van der Waals surface area contributed by atoms with Gasteiger partial charge in [0.05, 0.1) is 6.54 Å². The molecule has 0 saturated carbocycles. The first-order valence-corrected chi connectivity index (χ1v) is 3.05. The van der Waals surface area contributed by atoms with Gasteiger partial charge < -0.3 is 5.32 Å². The molecule has 1 aliphatic rings. The van der Waals surface area contributed by atoms with Crippen LogP contribution >= 0.6 is 0 Å². The summed E-state index contributed by atoms with van der Waals surface area (Å²) >= 11 is 0. The van der Waals surface area contributed by atoms with Crippen LogP contribution in [0.4, 0.5) is 4.79 Å². The molecule has 50 valence electrons. The molecule has 0 saturated heterocycles. The predicted molar refractivity (Wildman–Crippen MR) is 35.7 cm³/mol. The number of aliphatic imine (C=N–C) groups is 1. The van der Waals surface area contributed by atoms with Gasteiger partial charge in [-0.1, -0.05) is 13.8 Å². The van der Waals surface area contributed by atoms with Crippen LogP contribution in [0.15, 0.2) is 4.99 Å². The molecule has 0 spiro atoms. The molecule has 9 heavy (non-hydrogen) atoms. The van der Waals surface area contributed by atoms with Crippen molar-refractivity contribution in [2.45, 2.75) is 13.8 Å². The molecular formula is C6H10N2O. The minimum Gasteiger partial charge on any atom is -0.331 e. The minimum atomic E-state index is -0.196. The molecule has 0 aliphatic carbocycles. The Balaban J connectivity index is 2.62. The van der Waals surface area contributed by atoms with Crippen molar-refractivity contribution in [3.63, 3.8) is 0 Å². The first kappa shape index (κ1) is 6.26. The van der Waals surface area contributed by atoms with Crippen molar-refractivity contribution in [2.24, 2.45) is 10.9 Å². The van der Waals surface area contributed by atoms with Crippen LogP contribution in [0, 0.1) is 5.92 Å². The summed E-state index contributed by atoms with van der Waals surface area (Å²) < 4.78 is 0. The molecule has 0 aromatic carbocycles. The van der Waals surface area contributed by atoms with Crippen molar-refractivity contribution < 1.29 is 4.79 Å². The van der Waals surface area contributed by atoms with Gasteiger partial charge in [-0.25, -0.2) is 9.79 Å². The number of nitrogens with zero attached hydrogens (tertiary/aromatic N) is 1. The number of urea groups is 1. The van der Waals surface area contributed by atoms with Gasteiger partial charge in [0.25, 0.3) is 0 Å². The van der Waals surface area contributed by atoms with Crippen LogP contribution < -0.4 is 5.32 Å². The van der Waals surface area contributed by atoms with Gasteiger partial charge >= 0.3 is 6.03 Å². The minimum absolute atomic E-state index is 0.196. The Bertz CT molecular complexity index is 160. The number of carbonyl (C=O) groups excluding carboxylic acids is 1. The maximum absolute atomic E-state index is 10.5. The fourth-order valence-electron chi connectivity index (χ4n) is 0.709. The van der Waals surface area contributed by atoms with Gasteiger partial charge in [-0.3, -0.25) is 0 Å². The van der Waals surface area contributed by atoms with Gasteiger partial charge in [0.15, 0.2) is 0 Å². The van der Waals surface area contributed by atoms with E-state index in [2.05, 4.69) is 10.3 Å². The summed E-state index contributed by atoms with van der Waals surface area (Å²) in [6, 6.07) is -0.196. The van der Waals surface area contributed by atoms with Crippen LogP contribution in [0.1, 0.15) is 13.8 Å². The molecule has 3 heteroatoms. The highest BCUT2D eigenvalue weighted by Crippen LogP contribution is 2.00. The standard InChI is InChI=1S/C6H10N2O/c1-4(2)5-3-7-6(9)8-5/h4H,3H2,1-2H3,(H,7,9). The first-order chi connectivity index (χ1) is 4.20. The molecule has 1 aliphatic heterocycles. The van der Waals surface area contributed by atoms with E-state index in [-0.39, 0.29) is 6.03 Å². The Labute approximate surface area is 54.2 Å². The third kappa shape index (κ3) is 1.28. The second-order valence-corrected chi connectivity index (χ2v) is 2.42. The van der Waals surface area contributed by atoms with Crippen LogP contribution in [0.2, 0.25) is 0 Å². The van der Waals surface area contributed by atoms with Gasteiger partial charge in [0, 0.05) is 5.71 Å². The molecule has 0 bridgehead atoms. The van der Waals surface area contributed by atoms with Crippen LogP contribution in [0.5, 0.6) is 0 Å². The van der Waals surface area contributed by atoms with E-state index in [4.69, 9.17) is 0 Å². The van der Waals surface area contributed by atoms with Crippen molar-refractivity contribution in [1.29, 1.82) is 0 Å². The lowest BCUT2D eigenvalue weighted by Gasteiger charge is -1.99. The average molecular weight is 126 g/mol. The van der Waals surface area contributed by atoms with Crippen molar-refractivity contribution in [3.05, 3.63) is 0 Å². The second-order valence-electron chi connectivity index (χ2n) is 2.42. The molecule has 1 N–H and O–H groups in total. The van der Waals surface area contributed by atoms with Crippen LogP contribution in [0.3, 0.4) is 0 Å². The molecule has 1 heterocycles. The smallest absolute Gasteiger partial charge is 0.331 e. The Hall–Kier alpha value is -0.860. The number of hydrogen-bond acceptors (Lipinski definition) is 1. The van der Waals surface area contributed by atoms with Crippen molar-refractivity contribution >= 4 is 11.7 Å². The third-order valence-corrected chi connectivity index (χ3v) is 1.33. The molecule has 0 atom stereocenters. The topological polar surface area (TPSA) is 41.5 Å². The summed E-state index contributed by atoms with van der Waals surface area (Å²) in [4.78, 5) is 14.2. The maximum atomic E-state index is 10.5. The van der Waals surface area contributed by atoms with E-state index in [0.29, 0.717) is 12.5 Å². The predicted octanol–water partition coefficient (Wildman–Crippen LogP) is 0.807. The number of nitrogens with one attached hydrogen (secondary N) is 1. The SMILES string of the molecule is CC(C)C1=NC(=O)NC1. The van der Waals surface area contributed by atoms with Gasteiger partial charge in [-0.05, 0) is 5.92 Å². The van der Waals surface area contributed by atoms with Crippen molar-refractivity contribution in [1.82, 2.24) is 5.32 Å². The highest BCUT2D eigenvalue weighted by molar-refractivity contribution is 6.03. The number of carbonyl (C=O) groups is 1. The number of amides is 2. The molecule has 0 aromatic rings. The molecular weight excluding hydrogens is 116 g/mol. The quantitative estimate of drug-likeness (QED) is 0.555. The van der Waals surface area contributed by atoms with E-state index < -0.39 is 0 Å². The maximum Gasteiger partial charge on any atom is 0.341 e. The summed E-state index contributed by atoms with van der Waals surface area (Å²) in [5.41, 5.74) is 0.958. The van der Waals surface area contributed by atoms with Gasteiger partial charge in [0.2, 0.25) is 0 Å². The Morgan fingerprint density at radius 3 is 2.56 bits per heavy atom. The molecule has 0 radical (unpaired) electrons. The summed E-state index contributed by atoms with van der Waals surface area (Å²) in [5, 5.41) is 2.61. The molecule has 3 nitrogen and oxygen atoms in total. The van der Waals surface area contributed by atoms with Gasteiger partial charge in [-0.2, -0.15) is 0 Å². The second kappa shape index (κ2) is 2.17. The van der Waals surface area contributed by atoms with Crippen molar-refractivity contribution in [2.75, 3.05) is 6.54 Å². The molecule has 0 fully saturated rings. The van der Waals surface area contributed by atoms with Crippen LogP contribution in [0.25, 0.3) is 0 Å². The fourth-order valence-corrected chi connectivity index (χ4v) is 0.709. The lowest BCUT2D eigenvalue weighted by atomic mass is 10.1. The van der Waals surface area contributed by atoms with E-state index in [1.165, 1.54) is 0 Å². The van der Waals surface area contributed by atoms with E-state index in [9.17, 15) is 4.79 Å². The van der Waals surface area contributed by atoms with E-state index >= 15 is 0 Å². The molecule has 0 aromatic heterocycles. The lowest BCUT2D eigenvalue weighted by molar-refractivity contribution is 0.252. The zero-order valence-corrected chi connectivity index (χ0v) is 5.64. The first-order valence-electron chi connectivity index (χ1n) is 3.05. The normalized spacial score (nSPS) is 18.1. The molecule has 1 rings (SSSR count). The van der Waals surface area contributed by atoms with E-state index in [0.717, 1.165) is 5.71 Å². The number of rotatable bonds is 1. The average Bonchev–Trinajstić information content (AvgIpc) is 2.14. The highest BCUT2D eigenvalue weighted by atomic mass is 16.2. The highest BCUT2D eigenvalue weighted by Gasteiger charge is 2.14. The Morgan fingerprint density at radius 2 is 2.33 bits per heavy atom. The molecule has 0 unspecified atom stereocenters. The van der Waals surface area contributed by atoms with E-state index in [1.807, 2.05) is 13.8 Å². The third-order valence-electron chi connectivity index (χ3n) is 1.33. The van der Waals surface area contributed by atoms with E-state index in [1.54, 1.807) is 0 Å². The summed E-state index contributed by atoms with van der Waals surface area (Å²) in [6.07, 6.45) is 0. The lowest BCUT2D eigenvalue weighted by Crippen LogP contribution is -2.19. The van der Waals surface area contributed by atoms with Crippen LogP contribution in [-0.2, 0) is 0 Å². The fraction of sp³-hybridized carbons (Fsp3) is 0.667. The zero-order valence-electron chi connectivity index (χ0n) is 5.64. The van der Waals surface area contributed by atoms with Crippen molar-refractivity contribution in [3.8, 4) is 0 Å². The molecule has 2 amide bonds. The van der Waals surface area contributed by atoms with Gasteiger partial charge in [0.1, 0.15) is 0 Å². The summed E-state index contributed by atoms with van der Waals surface area (Å²) in [7, 11) is 0. The summed E-state index contributed by atoms with van der Waals surface area (Å²) in [5.74, 6) is 0.393. The number of hydrogen-bond donors (Lipinski definition) is 1. The zero-order chi connectivity index (χ0) is 6.85. The monoisotopic (exact) mass is 126 g/mol. The van der Waals surface area contributed by atoms with Gasteiger partial charge in [-0.15, -0.1) is 0 Å². The van der Waals surface area contributed by atoms with Crippen LogP contribution in [-0.4, -0.2) is 18.3 Å². The summed E-state index contributed by atoms with van der Waals surface area (Å²) in [6.45, 7) is 4.69. The Morgan fingerprint density at radius 1 is 1.67 bits per heavy atom. The Kier molecular flexibility index (Phi) is 1.51. The largest absolute Gasteiger partial charge is 0.341 e.